The molecule has 24 heavy (non-hydrogen) atoms. The molecule has 1 saturated heterocycles. The molecule has 1 saturated carbocycles. The lowest BCUT2D eigenvalue weighted by Gasteiger charge is -2.32. The summed E-state index contributed by atoms with van der Waals surface area (Å²) in [6.45, 7) is 2.68. The fraction of sp³-hybridized carbons (Fsp3) is 0.500. The van der Waals surface area contributed by atoms with Gasteiger partial charge in [-0.1, -0.05) is 17.7 Å². The van der Waals surface area contributed by atoms with Crippen LogP contribution in [0.1, 0.15) is 37.4 Å². The van der Waals surface area contributed by atoms with Gasteiger partial charge in [0, 0.05) is 37.3 Å². The SMILES string of the molecule is Clc1cc(N2CCC(COc3ccccn3)CC2)nc(C2CC2)n1. The minimum Gasteiger partial charge on any atom is -0.477 e. The lowest BCUT2D eigenvalue weighted by Crippen LogP contribution is -2.36. The van der Waals surface area contributed by atoms with Crippen molar-refractivity contribution < 1.29 is 4.74 Å². The maximum absolute atomic E-state index is 6.18. The fourth-order valence-corrected chi connectivity index (χ4v) is 3.26. The first-order valence-corrected chi connectivity index (χ1v) is 8.99. The smallest absolute Gasteiger partial charge is 0.213 e. The van der Waals surface area contributed by atoms with E-state index in [0.29, 0.717) is 22.9 Å². The molecule has 126 valence electrons. The van der Waals surface area contributed by atoms with Crippen molar-refractivity contribution in [1.82, 2.24) is 15.0 Å². The third kappa shape index (κ3) is 3.78. The van der Waals surface area contributed by atoms with Crippen LogP contribution >= 0.6 is 11.6 Å². The Morgan fingerprint density at radius 1 is 1.12 bits per heavy atom. The molecule has 0 atom stereocenters. The second kappa shape index (κ2) is 6.93. The molecular weight excluding hydrogens is 324 g/mol. The van der Waals surface area contributed by atoms with Crippen LogP contribution in [0.3, 0.4) is 0 Å². The number of halogens is 1. The number of ether oxygens (including phenoxy) is 1. The van der Waals surface area contributed by atoms with Crippen LogP contribution in [0.15, 0.2) is 30.5 Å². The van der Waals surface area contributed by atoms with Gasteiger partial charge in [0.15, 0.2) is 0 Å². The van der Waals surface area contributed by atoms with Gasteiger partial charge in [-0.25, -0.2) is 15.0 Å². The van der Waals surface area contributed by atoms with Crippen molar-refractivity contribution in [3.8, 4) is 5.88 Å². The Bertz CT molecular complexity index is 685. The van der Waals surface area contributed by atoms with E-state index in [-0.39, 0.29) is 0 Å². The normalized spacial score (nSPS) is 18.6. The van der Waals surface area contributed by atoms with Crippen LogP contribution in [-0.4, -0.2) is 34.6 Å². The van der Waals surface area contributed by atoms with E-state index < -0.39 is 0 Å². The van der Waals surface area contributed by atoms with Gasteiger partial charge in [0.25, 0.3) is 0 Å². The van der Waals surface area contributed by atoms with Crippen LogP contribution in [0, 0.1) is 5.92 Å². The fourth-order valence-electron chi connectivity index (χ4n) is 3.07. The van der Waals surface area contributed by atoms with Gasteiger partial charge < -0.3 is 9.64 Å². The van der Waals surface area contributed by atoms with E-state index in [4.69, 9.17) is 21.3 Å². The zero-order valence-electron chi connectivity index (χ0n) is 13.6. The van der Waals surface area contributed by atoms with Crippen LogP contribution in [0.25, 0.3) is 0 Å². The highest BCUT2D eigenvalue weighted by molar-refractivity contribution is 6.29. The molecule has 2 aliphatic rings. The number of aromatic nitrogens is 3. The van der Waals surface area contributed by atoms with Crippen molar-refractivity contribution in [3.05, 3.63) is 41.4 Å². The largest absolute Gasteiger partial charge is 0.477 e. The van der Waals surface area contributed by atoms with Gasteiger partial charge >= 0.3 is 0 Å². The van der Waals surface area contributed by atoms with E-state index in [9.17, 15) is 0 Å². The molecule has 6 heteroatoms. The number of hydrogen-bond acceptors (Lipinski definition) is 5. The lowest BCUT2D eigenvalue weighted by atomic mass is 9.98. The number of hydrogen-bond donors (Lipinski definition) is 0. The van der Waals surface area contributed by atoms with Gasteiger partial charge in [0.05, 0.1) is 6.61 Å². The Morgan fingerprint density at radius 2 is 1.96 bits per heavy atom. The van der Waals surface area contributed by atoms with Gasteiger partial charge in [-0.05, 0) is 37.7 Å². The van der Waals surface area contributed by atoms with Crippen molar-refractivity contribution in [2.24, 2.45) is 5.92 Å². The number of piperidine rings is 1. The molecule has 2 aromatic heterocycles. The molecule has 2 fully saturated rings. The first-order chi connectivity index (χ1) is 11.8. The third-order valence-corrected chi connectivity index (χ3v) is 4.88. The summed E-state index contributed by atoms with van der Waals surface area (Å²) in [4.78, 5) is 15.6. The topological polar surface area (TPSA) is 51.1 Å². The molecule has 0 N–H and O–H groups in total. The Morgan fingerprint density at radius 3 is 2.67 bits per heavy atom. The van der Waals surface area contributed by atoms with Crippen LogP contribution in [0.5, 0.6) is 5.88 Å². The summed E-state index contributed by atoms with van der Waals surface area (Å²) >= 11 is 6.18. The molecule has 5 nitrogen and oxygen atoms in total. The van der Waals surface area contributed by atoms with E-state index in [1.54, 1.807) is 6.20 Å². The Kier molecular flexibility index (Phi) is 4.52. The Labute approximate surface area is 147 Å². The van der Waals surface area contributed by atoms with E-state index in [2.05, 4.69) is 14.9 Å². The van der Waals surface area contributed by atoms with Crippen LogP contribution in [0.4, 0.5) is 5.82 Å². The van der Waals surface area contributed by atoms with E-state index in [0.717, 1.165) is 44.2 Å². The highest BCUT2D eigenvalue weighted by Crippen LogP contribution is 2.39. The van der Waals surface area contributed by atoms with Gasteiger partial charge in [0.1, 0.15) is 16.8 Å². The third-order valence-electron chi connectivity index (χ3n) is 4.68. The first-order valence-electron chi connectivity index (χ1n) is 8.61. The summed E-state index contributed by atoms with van der Waals surface area (Å²) in [5.41, 5.74) is 0. The predicted molar refractivity (Wildman–Crippen MR) is 93.7 cm³/mol. The van der Waals surface area contributed by atoms with Gasteiger partial charge in [-0.15, -0.1) is 0 Å². The molecule has 0 bridgehead atoms. The van der Waals surface area contributed by atoms with E-state index in [1.807, 2.05) is 24.3 Å². The summed E-state index contributed by atoms with van der Waals surface area (Å²) in [7, 11) is 0. The van der Waals surface area contributed by atoms with Crippen molar-refractivity contribution in [1.29, 1.82) is 0 Å². The molecule has 0 spiro atoms. The van der Waals surface area contributed by atoms with Crippen molar-refractivity contribution in [2.75, 3.05) is 24.6 Å². The number of pyridine rings is 1. The van der Waals surface area contributed by atoms with Crippen LogP contribution in [0.2, 0.25) is 5.15 Å². The first kappa shape index (κ1) is 15.6. The molecule has 0 aromatic carbocycles. The quantitative estimate of drug-likeness (QED) is 0.774. The summed E-state index contributed by atoms with van der Waals surface area (Å²) < 4.78 is 5.79. The number of anilines is 1. The molecule has 1 aliphatic carbocycles. The highest BCUT2D eigenvalue weighted by Gasteiger charge is 2.28. The average molecular weight is 345 g/mol. The molecule has 0 amide bonds. The second-order valence-electron chi connectivity index (χ2n) is 6.59. The highest BCUT2D eigenvalue weighted by atomic mass is 35.5. The number of nitrogens with zero attached hydrogens (tertiary/aromatic N) is 4. The Balaban J connectivity index is 1.33. The monoisotopic (exact) mass is 344 g/mol. The molecule has 0 unspecified atom stereocenters. The van der Waals surface area contributed by atoms with Crippen molar-refractivity contribution in [3.63, 3.8) is 0 Å². The Hall–Kier alpha value is -1.88. The van der Waals surface area contributed by atoms with Crippen LogP contribution < -0.4 is 9.64 Å². The minimum atomic E-state index is 0.520. The maximum atomic E-state index is 6.18. The predicted octanol–water partition coefficient (Wildman–Crippen LogP) is 3.70. The summed E-state index contributed by atoms with van der Waals surface area (Å²) in [5.74, 6) is 3.67. The van der Waals surface area contributed by atoms with Crippen LogP contribution in [-0.2, 0) is 0 Å². The molecular formula is C18H21ClN4O. The molecule has 3 heterocycles. The summed E-state index contributed by atoms with van der Waals surface area (Å²) in [6.07, 6.45) is 6.31. The van der Waals surface area contributed by atoms with E-state index in [1.165, 1.54) is 12.8 Å². The van der Waals surface area contributed by atoms with Gasteiger partial charge in [0.2, 0.25) is 5.88 Å². The summed E-state index contributed by atoms with van der Waals surface area (Å²) in [5, 5.41) is 0.558. The summed E-state index contributed by atoms with van der Waals surface area (Å²) in [6, 6.07) is 7.63. The average Bonchev–Trinajstić information content (AvgIpc) is 3.46. The van der Waals surface area contributed by atoms with Crippen molar-refractivity contribution in [2.45, 2.75) is 31.6 Å². The van der Waals surface area contributed by atoms with Gasteiger partial charge in [-0.2, -0.15) is 0 Å². The zero-order chi connectivity index (χ0) is 16.4. The van der Waals surface area contributed by atoms with Gasteiger partial charge in [-0.3, -0.25) is 0 Å². The maximum Gasteiger partial charge on any atom is 0.213 e. The molecule has 1 aliphatic heterocycles. The molecule has 4 rings (SSSR count). The zero-order valence-corrected chi connectivity index (χ0v) is 14.3. The minimum absolute atomic E-state index is 0.520. The molecule has 2 aromatic rings. The van der Waals surface area contributed by atoms with Crippen molar-refractivity contribution >= 4 is 17.4 Å². The number of rotatable bonds is 5. The van der Waals surface area contributed by atoms with E-state index >= 15 is 0 Å². The second-order valence-corrected chi connectivity index (χ2v) is 6.98. The lowest BCUT2D eigenvalue weighted by molar-refractivity contribution is 0.216. The standard InChI is InChI=1S/C18H21ClN4O/c19-15-11-16(22-18(21-15)14-4-5-14)23-9-6-13(7-10-23)12-24-17-3-1-2-8-20-17/h1-3,8,11,13-14H,4-7,9-10,12H2. The molecule has 0 radical (unpaired) electrons.